The van der Waals surface area contributed by atoms with Crippen LogP contribution in [0.4, 0.5) is 0 Å². The van der Waals surface area contributed by atoms with Crippen molar-refractivity contribution in [3.05, 3.63) is 59.2 Å². The summed E-state index contributed by atoms with van der Waals surface area (Å²) >= 11 is 0. The monoisotopic (exact) mass is 358 g/mol. The molecule has 0 spiro atoms. The fourth-order valence-electron chi connectivity index (χ4n) is 2.16. The predicted octanol–water partition coefficient (Wildman–Crippen LogP) is 3.02. The average molecular weight is 358 g/mol. The van der Waals surface area contributed by atoms with Crippen LogP contribution in [-0.4, -0.2) is 35.0 Å². The summed E-state index contributed by atoms with van der Waals surface area (Å²) < 4.78 is 11.0. The maximum absolute atomic E-state index is 11.2. The van der Waals surface area contributed by atoms with Crippen LogP contribution in [0, 0.1) is 0 Å². The molecule has 0 saturated heterocycles. The van der Waals surface area contributed by atoms with Gasteiger partial charge in [-0.1, -0.05) is 12.1 Å². The number of aromatic carboxylic acids is 1. The number of carbonyl (C=O) groups is 3. The molecule has 0 unspecified atom stereocenters. The van der Waals surface area contributed by atoms with Gasteiger partial charge in [-0.3, -0.25) is 9.59 Å². The zero-order valence-corrected chi connectivity index (χ0v) is 13.9. The molecule has 7 heteroatoms. The number of ether oxygens (including phenoxy) is 2. The van der Waals surface area contributed by atoms with Gasteiger partial charge >= 0.3 is 11.9 Å². The number of hydrogen-bond acceptors (Lipinski definition) is 5. The Morgan fingerprint density at radius 2 is 1.73 bits per heavy atom. The van der Waals surface area contributed by atoms with Crippen LogP contribution >= 0.6 is 0 Å². The van der Waals surface area contributed by atoms with Crippen LogP contribution in [0.1, 0.15) is 39.1 Å². The minimum atomic E-state index is -0.993. The molecule has 0 heterocycles. The lowest BCUT2D eigenvalue weighted by molar-refractivity contribution is -0.137. The number of aldehydes is 1. The lowest BCUT2D eigenvalue weighted by Crippen LogP contribution is -2.04. The third kappa shape index (κ3) is 5.62. The highest BCUT2D eigenvalue weighted by atomic mass is 16.5. The first-order valence-electron chi connectivity index (χ1n) is 7.88. The molecule has 2 rings (SSSR count). The summed E-state index contributed by atoms with van der Waals surface area (Å²) in [5.41, 5.74) is 1.29. The molecular formula is C19H18O7. The van der Waals surface area contributed by atoms with Crippen LogP contribution in [0.5, 0.6) is 11.5 Å². The van der Waals surface area contributed by atoms with Gasteiger partial charge < -0.3 is 19.7 Å². The maximum atomic E-state index is 11.2. The Morgan fingerprint density at radius 3 is 2.35 bits per heavy atom. The van der Waals surface area contributed by atoms with Gasteiger partial charge in [-0.2, -0.15) is 0 Å². The van der Waals surface area contributed by atoms with Crippen LogP contribution in [0.25, 0.3) is 0 Å². The second kappa shape index (κ2) is 9.22. The molecule has 2 aromatic rings. The molecule has 0 amide bonds. The normalized spacial score (nSPS) is 10.2. The van der Waals surface area contributed by atoms with Crippen molar-refractivity contribution in [2.75, 3.05) is 6.61 Å². The van der Waals surface area contributed by atoms with Crippen molar-refractivity contribution in [3.63, 3.8) is 0 Å². The quantitative estimate of drug-likeness (QED) is 0.496. The summed E-state index contributed by atoms with van der Waals surface area (Å²) in [5, 5.41) is 17.5. The predicted molar refractivity (Wildman–Crippen MR) is 91.9 cm³/mol. The highest BCUT2D eigenvalue weighted by Crippen LogP contribution is 2.24. The maximum Gasteiger partial charge on any atom is 0.335 e. The molecule has 2 aromatic carbocycles. The van der Waals surface area contributed by atoms with Gasteiger partial charge in [-0.15, -0.1) is 0 Å². The van der Waals surface area contributed by atoms with Crippen molar-refractivity contribution < 1.29 is 34.1 Å². The first-order chi connectivity index (χ1) is 12.5. The van der Waals surface area contributed by atoms with Gasteiger partial charge in [0.1, 0.15) is 18.1 Å². The number of rotatable bonds is 10. The number of benzene rings is 2. The average Bonchev–Trinajstić information content (AvgIpc) is 2.64. The summed E-state index contributed by atoms with van der Waals surface area (Å²) in [4.78, 5) is 32.5. The molecule has 26 heavy (non-hydrogen) atoms. The number of carbonyl (C=O) groups excluding carboxylic acids is 1. The SMILES string of the molecule is O=Cc1cc(OCc2ccc(C(=O)O)cc2)ccc1OCCCC(=O)O. The van der Waals surface area contributed by atoms with E-state index in [2.05, 4.69) is 0 Å². The van der Waals surface area contributed by atoms with Crippen molar-refractivity contribution in [3.8, 4) is 11.5 Å². The Balaban J connectivity index is 1.94. The Hall–Kier alpha value is -3.35. The van der Waals surface area contributed by atoms with Crippen molar-refractivity contribution in [2.24, 2.45) is 0 Å². The van der Waals surface area contributed by atoms with Crippen molar-refractivity contribution in [1.29, 1.82) is 0 Å². The summed E-state index contributed by atoms with van der Waals surface area (Å²) in [5.74, 6) is -1.06. The van der Waals surface area contributed by atoms with Crippen LogP contribution in [-0.2, 0) is 11.4 Å². The van der Waals surface area contributed by atoms with E-state index in [0.29, 0.717) is 29.8 Å². The van der Waals surface area contributed by atoms with Crippen molar-refractivity contribution in [2.45, 2.75) is 19.4 Å². The fraction of sp³-hybridized carbons (Fsp3) is 0.211. The van der Waals surface area contributed by atoms with Gasteiger partial charge in [0.25, 0.3) is 0 Å². The van der Waals surface area contributed by atoms with Gasteiger partial charge in [0.05, 0.1) is 17.7 Å². The van der Waals surface area contributed by atoms with Gasteiger partial charge in [0.2, 0.25) is 0 Å². The first-order valence-corrected chi connectivity index (χ1v) is 7.88. The fourth-order valence-corrected chi connectivity index (χ4v) is 2.16. The highest BCUT2D eigenvalue weighted by molar-refractivity contribution is 5.87. The van der Waals surface area contributed by atoms with Crippen LogP contribution in [0.15, 0.2) is 42.5 Å². The van der Waals surface area contributed by atoms with Gasteiger partial charge in [-0.25, -0.2) is 4.79 Å². The molecule has 0 radical (unpaired) electrons. The Labute approximate surface area is 149 Å². The Morgan fingerprint density at radius 1 is 1.00 bits per heavy atom. The van der Waals surface area contributed by atoms with Gasteiger partial charge in [0, 0.05) is 6.42 Å². The summed E-state index contributed by atoms with van der Waals surface area (Å²) in [7, 11) is 0. The third-order valence-corrected chi connectivity index (χ3v) is 3.51. The zero-order chi connectivity index (χ0) is 18.9. The van der Waals surface area contributed by atoms with E-state index < -0.39 is 11.9 Å². The Kier molecular flexibility index (Phi) is 6.73. The highest BCUT2D eigenvalue weighted by Gasteiger charge is 2.07. The van der Waals surface area contributed by atoms with E-state index in [-0.39, 0.29) is 25.2 Å². The largest absolute Gasteiger partial charge is 0.493 e. The molecule has 0 atom stereocenters. The molecule has 0 fully saturated rings. The third-order valence-electron chi connectivity index (χ3n) is 3.51. The van der Waals surface area contributed by atoms with E-state index in [1.54, 1.807) is 24.3 Å². The standard InChI is InChI=1S/C19H18O7/c20-11-15-10-16(7-8-17(15)25-9-1-2-18(21)22)26-12-13-3-5-14(6-4-13)19(23)24/h3-8,10-11H,1-2,9,12H2,(H,21,22)(H,23,24). The molecule has 0 aliphatic carbocycles. The van der Waals surface area contributed by atoms with Crippen LogP contribution < -0.4 is 9.47 Å². The number of aliphatic carboxylic acids is 1. The van der Waals surface area contributed by atoms with Crippen LogP contribution in [0.3, 0.4) is 0 Å². The number of hydrogen-bond donors (Lipinski definition) is 2. The van der Waals surface area contributed by atoms with Crippen molar-refractivity contribution >= 4 is 18.2 Å². The van der Waals surface area contributed by atoms with Crippen molar-refractivity contribution in [1.82, 2.24) is 0 Å². The topological polar surface area (TPSA) is 110 Å². The summed E-state index contributed by atoms with van der Waals surface area (Å²) in [6, 6.07) is 11.1. The molecule has 0 bridgehead atoms. The molecule has 0 saturated carbocycles. The first kappa shape index (κ1) is 19.0. The Bertz CT molecular complexity index is 781. The van der Waals surface area contributed by atoms with Gasteiger partial charge in [-0.05, 0) is 42.3 Å². The summed E-state index contributed by atoms with van der Waals surface area (Å²) in [6.07, 6.45) is 0.984. The van der Waals surface area contributed by atoms with Crippen LogP contribution in [0.2, 0.25) is 0 Å². The van der Waals surface area contributed by atoms with Gasteiger partial charge in [0.15, 0.2) is 6.29 Å². The molecule has 7 nitrogen and oxygen atoms in total. The van der Waals surface area contributed by atoms with E-state index in [4.69, 9.17) is 19.7 Å². The van der Waals surface area contributed by atoms with E-state index in [9.17, 15) is 14.4 Å². The van der Waals surface area contributed by atoms with E-state index in [1.165, 1.54) is 18.2 Å². The molecule has 0 aliphatic rings. The number of carboxylic acids is 2. The van der Waals surface area contributed by atoms with E-state index in [1.807, 2.05) is 0 Å². The minimum absolute atomic E-state index is 0.00170. The zero-order valence-electron chi connectivity index (χ0n) is 13.9. The number of carboxylic acid groups (broad SMARTS) is 2. The summed E-state index contributed by atoms with van der Waals surface area (Å²) in [6.45, 7) is 0.417. The second-order valence-electron chi connectivity index (χ2n) is 5.45. The lowest BCUT2D eigenvalue weighted by atomic mass is 10.1. The minimum Gasteiger partial charge on any atom is -0.493 e. The van der Waals surface area contributed by atoms with E-state index in [0.717, 1.165) is 5.56 Å². The van der Waals surface area contributed by atoms with E-state index >= 15 is 0 Å². The molecule has 0 aromatic heterocycles. The molecule has 0 aliphatic heterocycles. The lowest BCUT2D eigenvalue weighted by Gasteiger charge is -2.11. The molecule has 136 valence electrons. The molecule has 2 N–H and O–H groups in total. The second-order valence-corrected chi connectivity index (χ2v) is 5.45. The smallest absolute Gasteiger partial charge is 0.335 e. The molecular weight excluding hydrogens is 340 g/mol.